The van der Waals surface area contributed by atoms with Gasteiger partial charge in [-0.05, 0) is 0 Å². The van der Waals surface area contributed by atoms with Gasteiger partial charge in [0.05, 0.1) is 0 Å². The van der Waals surface area contributed by atoms with E-state index < -0.39 is 0 Å². The maximum absolute atomic E-state index is 2.14. The molecule has 0 saturated heterocycles. The third kappa shape index (κ3) is 5.08. The summed E-state index contributed by atoms with van der Waals surface area (Å²) in [6, 6.07) is 10.5. The van der Waals surface area contributed by atoms with Gasteiger partial charge in [-0.3, -0.25) is 0 Å². The van der Waals surface area contributed by atoms with Crippen LogP contribution >= 0.6 is 24.8 Å². The summed E-state index contributed by atoms with van der Waals surface area (Å²) in [7, 11) is 0. The van der Waals surface area contributed by atoms with E-state index in [1.807, 2.05) is 6.07 Å². The molecule has 0 aliphatic rings. The Morgan fingerprint density at radius 2 is 1.33 bits per heavy atom. The van der Waals surface area contributed by atoms with Gasteiger partial charge in [-0.25, -0.2) is 0 Å². The molecule has 0 fully saturated rings. The Hall–Kier alpha value is 0.618. The van der Waals surface area contributed by atoms with E-state index in [0.717, 1.165) is 0 Å². The molecule has 0 aliphatic carbocycles. The van der Waals surface area contributed by atoms with Gasteiger partial charge in [0, 0.05) is 0 Å². The van der Waals surface area contributed by atoms with E-state index >= 15 is 0 Å². The van der Waals surface area contributed by atoms with Crippen LogP contribution in [0.15, 0.2) is 30.3 Å². The van der Waals surface area contributed by atoms with Gasteiger partial charge in [0.1, 0.15) is 0 Å². The molecule has 0 heterocycles. The van der Waals surface area contributed by atoms with E-state index in [1.54, 1.807) is 0 Å². The third-order valence-corrected chi connectivity index (χ3v) is 1.90. The standard InChI is InChI=1S/C6H5.2ClH.Sb.2H/c1-2-4-6-5-3-1;;;;;/h1-5H;2*1H;;;. The van der Waals surface area contributed by atoms with Gasteiger partial charge in [-0.2, -0.15) is 0 Å². The normalized spacial score (nSPS) is 6.78. The summed E-state index contributed by atoms with van der Waals surface area (Å²) in [5.41, 5.74) is 0. The SMILES string of the molecule is Cl.Cl.[SbH2][c]1ccccc1. The summed E-state index contributed by atoms with van der Waals surface area (Å²) in [6.07, 6.45) is 0. The van der Waals surface area contributed by atoms with Gasteiger partial charge in [-0.1, -0.05) is 0 Å². The fourth-order valence-electron chi connectivity index (χ4n) is 0.453. The molecule has 0 saturated carbocycles. The van der Waals surface area contributed by atoms with Crippen molar-refractivity contribution in [1.29, 1.82) is 0 Å². The van der Waals surface area contributed by atoms with Crippen molar-refractivity contribution in [3.05, 3.63) is 30.3 Å². The number of benzene rings is 1. The van der Waals surface area contributed by atoms with Gasteiger partial charge in [0.25, 0.3) is 0 Å². The third-order valence-electron chi connectivity index (χ3n) is 0.800. The fraction of sp³-hybridized carbons (Fsp3) is 0. The molecule has 0 amide bonds. The van der Waals surface area contributed by atoms with Crippen molar-refractivity contribution in [2.45, 2.75) is 0 Å². The van der Waals surface area contributed by atoms with Crippen LogP contribution in [0, 0.1) is 0 Å². The van der Waals surface area contributed by atoms with E-state index in [0.29, 0.717) is 0 Å². The molecule has 52 valence electrons. The van der Waals surface area contributed by atoms with Crippen molar-refractivity contribution < 1.29 is 0 Å². The molecule has 0 spiro atoms. The van der Waals surface area contributed by atoms with Crippen molar-refractivity contribution in [2.75, 3.05) is 0 Å². The first kappa shape index (κ1) is 12.3. The molecule has 0 N–H and O–H groups in total. The van der Waals surface area contributed by atoms with Crippen LogP contribution in [0.1, 0.15) is 0 Å². The van der Waals surface area contributed by atoms with Gasteiger partial charge < -0.3 is 0 Å². The van der Waals surface area contributed by atoms with Crippen LogP contribution in [-0.2, 0) is 0 Å². The molecule has 1 aromatic carbocycles. The molecule has 0 atom stereocenters. The molecule has 0 nitrogen and oxygen atoms in total. The van der Waals surface area contributed by atoms with Crippen LogP contribution in [0.5, 0.6) is 0 Å². The zero-order chi connectivity index (χ0) is 5.11. The van der Waals surface area contributed by atoms with Crippen molar-refractivity contribution in [3.8, 4) is 0 Å². The van der Waals surface area contributed by atoms with E-state index in [2.05, 4.69) is 24.3 Å². The summed E-state index contributed by atoms with van der Waals surface area (Å²) in [5, 5.41) is 0. The molecule has 0 unspecified atom stereocenters. The first-order valence-electron chi connectivity index (χ1n) is 2.20. The Bertz CT molecular complexity index is 141. The summed E-state index contributed by atoms with van der Waals surface area (Å²) in [5.74, 6) is 0. The minimum absolute atomic E-state index is 0. The summed E-state index contributed by atoms with van der Waals surface area (Å²) in [6.45, 7) is 0. The molecule has 3 heteroatoms. The predicted octanol–water partition coefficient (Wildman–Crippen LogP) is 0.789. The monoisotopic (exact) mass is 272 g/mol. The molecule has 0 radical (unpaired) electrons. The summed E-state index contributed by atoms with van der Waals surface area (Å²) in [4.78, 5) is 0. The van der Waals surface area contributed by atoms with Crippen molar-refractivity contribution in [1.82, 2.24) is 0 Å². The summed E-state index contributed by atoms with van der Waals surface area (Å²) >= 11 is 1.23. The van der Waals surface area contributed by atoms with Crippen LogP contribution in [0.4, 0.5) is 0 Å². The number of halogens is 2. The Balaban J connectivity index is 0. The van der Waals surface area contributed by atoms with Gasteiger partial charge in [0.15, 0.2) is 0 Å². The molecule has 0 aliphatic heterocycles. The second-order valence-electron chi connectivity index (χ2n) is 1.41. The van der Waals surface area contributed by atoms with E-state index in [4.69, 9.17) is 0 Å². The molecule has 9 heavy (non-hydrogen) atoms. The zero-order valence-electron chi connectivity index (χ0n) is 4.78. The first-order chi connectivity index (χ1) is 3.39. The fourth-order valence-corrected chi connectivity index (χ4v) is 1.09. The van der Waals surface area contributed by atoms with E-state index in [1.165, 1.54) is 26.5 Å². The van der Waals surface area contributed by atoms with Crippen LogP contribution in [0.25, 0.3) is 0 Å². The first-order valence-corrected chi connectivity index (χ1v) is 3.85. The number of hydrogen-bond acceptors (Lipinski definition) is 0. The Morgan fingerprint density at radius 3 is 1.56 bits per heavy atom. The number of hydrogen-bond donors (Lipinski definition) is 0. The average Bonchev–Trinajstić information content (AvgIpc) is 1.69. The maximum atomic E-state index is 2.14. The van der Waals surface area contributed by atoms with Crippen molar-refractivity contribution in [2.24, 2.45) is 0 Å². The Morgan fingerprint density at radius 1 is 0.889 bits per heavy atom. The van der Waals surface area contributed by atoms with Crippen molar-refractivity contribution >= 4 is 51.3 Å². The predicted molar refractivity (Wildman–Crippen MR) is 49.1 cm³/mol. The topological polar surface area (TPSA) is 0 Å². The van der Waals surface area contributed by atoms with E-state index in [9.17, 15) is 0 Å². The second kappa shape index (κ2) is 6.73. The van der Waals surface area contributed by atoms with Crippen LogP contribution in [0.3, 0.4) is 0 Å². The number of rotatable bonds is 0. The second-order valence-corrected chi connectivity index (χ2v) is 3.31. The van der Waals surface area contributed by atoms with E-state index in [-0.39, 0.29) is 24.8 Å². The molecule has 1 aromatic rings. The summed E-state index contributed by atoms with van der Waals surface area (Å²) < 4.78 is 1.45. The molecule has 0 aromatic heterocycles. The minimum atomic E-state index is 0. The Kier molecular flexibility index (Phi) is 9.21. The van der Waals surface area contributed by atoms with Crippen LogP contribution in [0.2, 0.25) is 0 Å². The average molecular weight is 274 g/mol. The zero-order valence-corrected chi connectivity index (χ0v) is 9.71. The van der Waals surface area contributed by atoms with Crippen LogP contribution in [-0.4, -0.2) is 23.0 Å². The van der Waals surface area contributed by atoms with Crippen LogP contribution < -0.4 is 3.51 Å². The van der Waals surface area contributed by atoms with Gasteiger partial charge in [0.2, 0.25) is 0 Å². The quantitative estimate of drug-likeness (QED) is 0.613. The molecular weight excluding hydrogens is 265 g/mol. The van der Waals surface area contributed by atoms with Gasteiger partial charge in [-0.15, -0.1) is 24.8 Å². The Labute approximate surface area is 81.3 Å². The molecule has 0 bridgehead atoms. The molecular formula is C6H9Cl2Sb. The molecule has 1 rings (SSSR count). The van der Waals surface area contributed by atoms with Crippen molar-refractivity contribution in [3.63, 3.8) is 0 Å². The van der Waals surface area contributed by atoms with Gasteiger partial charge >= 0.3 is 56.9 Å².